The maximum atomic E-state index is 6.11. The Bertz CT molecular complexity index is 1020. The van der Waals surface area contributed by atoms with Crippen molar-refractivity contribution in [3.8, 4) is 22.5 Å². The fraction of sp³-hybridized carbons (Fsp3) is 0.0909. The van der Waals surface area contributed by atoms with Crippen LogP contribution in [-0.2, 0) is 6.42 Å². The summed E-state index contributed by atoms with van der Waals surface area (Å²) in [5, 5.41) is 1.16. The van der Waals surface area contributed by atoms with E-state index in [0.29, 0.717) is 0 Å². The Kier molecular flexibility index (Phi) is 2.54. The maximum absolute atomic E-state index is 6.11. The van der Waals surface area contributed by atoms with E-state index < -0.39 is 0 Å². The van der Waals surface area contributed by atoms with Gasteiger partial charge in [0.05, 0.1) is 0 Å². The zero-order valence-corrected chi connectivity index (χ0v) is 13.0. The fourth-order valence-corrected chi connectivity index (χ4v) is 3.81. The van der Waals surface area contributed by atoms with Gasteiger partial charge in [-0.25, -0.2) is 0 Å². The standard InChI is InChI=1S/C22H16O/c1-14-6-4-8-16-12-19-17(9-5-10-18(19)22(14)16)21-13-15-7-2-3-11-20(15)23-21/h2-11,13H,12H2,1H3. The monoisotopic (exact) mass is 296 g/mol. The van der Waals surface area contributed by atoms with Crippen molar-refractivity contribution in [1.82, 2.24) is 0 Å². The number of benzene rings is 3. The Morgan fingerprint density at radius 2 is 1.65 bits per heavy atom. The van der Waals surface area contributed by atoms with Gasteiger partial charge in [-0.2, -0.15) is 0 Å². The highest BCUT2D eigenvalue weighted by Crippen LogP contribution is 2.43. The molecule has 0 spiro atoms. The van der Waals surface area contributed by atoms with Gasteiger partial charge in [-0.15, -0.1) is 0 Å². The SMILES string of the molecule is Cc1cccc2c1-c1cccc(-c3cc4ccccc4o3)c1C2. The molecule has 0 bridgehead atoms. The molecule has 1 aliphatic rings. The zero-order chi connectivity index (χ0) is 15.4. The Morgan fingerprint density at radius 3 is 2.57 bits per heavy atom. The van der Waals surface area contributed by atoms with Crippen LogP contribution in [0.25, 0.3) is 33.4 Å². The third kappa shape index (κ3) is 1.80. The number of fused-ring (bicyclic) bond motifs is 4. The van der Waals surface area contributed by atoms with Crippen molar-refractivity contribution in [2.45, 2.75) is 13.3 Å². The lowest BCUT2D eigenvalue weighted by Crippen LogP contribution is -1.86. The van der Waals surface area contributed by atoms with Crippen molar-refractivity contribution in [3.05, 3.63) is 83.4 Å². The molecule has 0 amide bonds. The third-order valence-electron chi connectivity index (χ3n) is 4.86. The van der Waals surface area contributed by atoms with Gasteiger partial charge < -0.3 is 4.42 Å². The van der Waals surface area contributed by atoms with Crippen LogP contribution in [0.4, 0.5) is 0 Å². The molecule has 0 unspecified atom stereocenters. The molecule has 3 aromatic carbocycles. The predicted molar refractivity (Wildman–Crippen MR) is 94.6 cm³/mol. The van der Waals surface area contributed by atoms with E-state index in [9.17, 15) is 0 Å². The molecule has 1 aromatic heterocycles. The van der Waals surface area contributed by atoms with Crippen LogP contribution in [0.3, 0.4) is 0 Å². The molecule has 0 aliphatic heterocycles. The molecule has 0 atom stereocenters. The molecule has 23 heavy (non-hydrogen) atoms. The fourth-order valence-electron chi connectivity index (χ4n) is 3.81. The number of hydrogen-bond donors (Lipinski definition) is 0. The summed E-state index contributed by atoms with van der Waals surface area (Å²) in [6.45, 7) is 2.20. The van der Waals surface area contributed by atoms with E-state index in [0.717, 1.165) is 23.2 Å². The Hall–Kier alpha value is -2.80. The van der Waals surface area contributed by atoms with E-state index in [1.165, 1.54) is 33.4 Å². The predicted octanol–water partition coefficient (Wildman–Crippen LogP) is 5.98. The molecule has 0 fully saturated rings. The summed E-state index contributed by atoms with van der Waals surface area (Å²) in [5.74, 6) is 0.966. The first-order valence-corrected chi connectivity index (χ1v) is 8.01. The van der Waals surface area contributed by atoms with Gasteiger partial charge in [0.15, 0.2) is 0 Å². The Balaban J connectivity index is 1.75. The minimum atomic E-state index is 0.951. The van der Waals surface area contributed by atoms with Gasteiger partial charge in [-0.3, -0.25) is 0 Å². The summed E-state index contributed by atoms with van der Waals surface area (Å²) in [7, 11) is 0. The first kappa shape index (κ1) is 12.7. The second-order valence-corrected chi connectivity index (χ2v) is 6.27. The summed E-state index contributed by atoms with van der Waals surface area (Å²) in [6, 6.07) is 23.5. The summed E-state index contributed by atoms with van der Waals surface area (Å²) in [5.41, 5.74) is 9.08. The van der Waals surface area contributed by atoms with Crippen molar-refractivity contribution >= 4 is 11.0 Å². The smallest absolute Gasteiger partial charge is 0.135 e. The van der Waals surface area contributed by atoms with Crippen LogP contribution < -0.4 is 0 Å². The first-order valence-electron chi connectivity index (χ1n) is 8.01. The molecular formula is C22H16O. The summed E-state index contributed by atoms with van der Waals surface area (Å²) < 4.78 is 6.11. The van der Waals surface area contributed by atoms with Crippen molar-refractivity contribution in [2.24, 2.45) is 0 Å². The molecule has 1 heterocycles. The minimum absolute atomic E-state index is 0.951. The first-order chi connectivity index (χ1) is 11.3. The van der Waals surface area contributed by atoms with Gasteiger partial charge in [-0.05, 0) is 53.3 Å². The van der Waals surface area contributed by atoms with E-state index in [1.807, 2.05) is 12.1 Å². The molecule has 4 aromatic rings. The van der Waals surface area contributed by atoms with Gasteiger partial charge in [0, 0.05) is 10.9 Å². The molecular weight excluding hydrogens is 280 g/mol. The average Bonchev–Trinajstić information content (AvgIpc) is 3.16. The molecule has 1 aliphatic carbocycles. The van der Waals surface area contributed by atoms with Crippen LogP contribution in [0.1, 0.15) is 16.7 Å². The number of hydrogen-bond acceptors (Lipinski definition) is 1. The maximum Gasteiger partial charge on any atom is 0.135 e. The molecule has 1 nitrogen and oxygen atoms in total. The third-order valence-corrected chi connectivity index (χ3v) is 4.86. The molecule has 5 rings (SSSR count). The van der Waals surface area contributed by atoms with Crippen molar-refractivity contribution < 1.29 is 4.42 Å². The van der Waals surface area contributed by atoms with Gasteiger partial charge in [0.2, 0.25) is 0 Å². The minimum Gasteiger partial charge on any atom is -0.456 e. The van der Waals surface area contributed by atoms with Crippen LogP contribution in [0.15, 0.2) is 71.1 Å². The van der Waals surface area contributed by atoms with E-state index in [4.69, 9.17) is 4.42 Å². The van der Waals surface area contributed by atoms with Gasteiger partial charge in [-0.1, -0.05) is 54.6 Å². The lowest BCUT2D eigenvalue weighted by Gasteiger charge is -2.07. The van der Waals surface area contributed by atoms with Gasteiger partial charge in [0.25, 0.3) is 0 Å². The lowest BCUT2D eigenvalue weighted by atomic mass is 9.98. The second kappa shape index (κ2) is 4.60. The molecule has 0 saturated carbocycles. The molecule has 0 radical (unpaired) electrons. The number of aryl methyl sites for hydroxylation is 1. The number of furan rings is 1. The summed E-state index contributed by atoms with van der Waals surface area (Å²) in [6.07, 6.45) is 0.986. The molecule has 0 saturated heterocycles. The van der Waals surface area contributed by atoms with E-state index >= 15 is 0 Å². The normalized spacial score (nSPS) is 12.4. The lowest BCUT2D eigenvalue weighted by molar-refractivity contribution is 0.631. The molecule has 1 heteroatoms. The second-order valence-electron chi connectivity index (χ2n) is 6.27. The number of para-hydroxylation sites is 1. The zero-order valence-electron chi connectivity index (χ0n) is 13.0. The average molecular weight is 296 g/mol. The summed E-state index contributed by atoms with van der Waals surface area (Å²) >= 11 is 0. The van der Waals surface area contributed by atoms with E-state index in [-0.39, 0.29) is 0 Å². The van der Waals surface area contributed by atoms with Crippen LogP contribution in [0.2, 0.25) is 0 Å². The van der Waals surface area contributed by atoms with Gasteiger partial charge in [0.1, 0.15) is 11.3 Å². The van der Waals surface area contributed by atoms with Crippen molar-refractivity contribution in [3.63, 3.8) is 0 Å². The highest BCUT2D eigenvalue weighted by molar-refractivity contribution is 5.88. The highest BCUT2D eigenvalue weighted by atomic mass is 16.3. The van der Waals surface area contributed by atoms with E-state index in [2.05, 4.69) is 61.5 Å². The van der Waals surface area contributed by atoms with Crippen LogP contribution >= 0.6 is 0 Å². The van der Waals surface area contributed by atoms with E-state index in [1.54, 1.807) is 0 Å². The highest BCUT2D eigenvalue weighted by Gasteiger charge is 2.23. The van der Waals surface area contributed by atoms with Gasteiger partial charge >= 0.3 is 0 Å². The van der Waals surface area contributed by atoms with Crippen LogP contribution in [-0.4, -0.2) is 0 Å². The Morgan fingerprint density at radius 1 is 0.826 bits per heavy atom. The molecule has 0 N–H and O–H groups in total. The number of rotatable bonds is 1. The topological polar surface area (TPSA) is 13.1 Å². The quantitative estimate of drug-likeness (QED) is 0.371. The van der Waals surface area contributed by atoms with Crippen molar-refractivity contribution in [2.75, 3.05) is 0 Å². The largest absolute Gasteiger partial charge is 0.456 e. The van der Waals surface area contributed by atoms with Crippen LogP contribution in [0.5, 0.6) is 0 Å². The summed E-state index contributed by atoms with van der Waals surface area (Å²) in [4.78, 5) is 0. The van der Waals surface area contributed by atoms with Crippen LogP contribution in [0, 0.1) is 6.92 Å². The molecule has 110 valence electrons. The van der Waals surface area contributed by atoms with Crippen molar-refractivity contribution in [1.29, 1.82) is 0 Å². The Labute approximate surface area is 135 Å².